The van der Waals surface area contributed by atoms with Gasteiger partial charge in [-0.25, -0.2) is 9.97 Å². The number of carbonyl (C=O) groups excluding carboxylic acids is 1. The van der Waals surface area contributed by atoms with Crippen LogP contribution in [0.15, 0.2) is 30.9 Å². The van der Waals surface area contributed by atoms with Crippen molar-refractivity contribution in [2.45, 2.75) is 25.3 Å². The molecule has 3 heterocycles. The number of aromatic nitrogens is 2. The summed E-state index contributed by atoms with van der Waals surface area (Å²) >= 11 is 1.64. The Balaban J connectivity index is 1.74. The predicted octanol–water partition coefficient (Wildman–Crippen LogP) is 2.44. The molecule has 1 saturated carbocycles. The van der Waals surface area contributed by atoms with E-state index in [1.165, 1.54) is 11.2 Å². The summed E-state index contributed by atoms with van der Waals surface area (Å²) in [7, 11) is 1.67. The average molecular weight is 341 g/mol. The lowest BCUT2D eigenvalue weighted by molar-refractivity contribution is -0.136. The maximum Gasteiger partial charge on any atom is 0.235 e. The minimum absolute atomic E-state index is 0.0433. The normalized spacial score (nSPS) is 27.2. The molecular formula is C17H19N5OS. The second-order valence-corrected chi connectivity index (χ2v) is 7.76. The number of thiophene rings is 1. The summed E-state index contributed by atoms with van der Waals surface area (Å²) < 4.78 is 0. The van der Waals surface area contributed by atoms with Crippen molar-refractivity contribution in [3.05, 3.63) is 35.7 Å². The van der Waals surface area contributed by atoms with Crippen LogP contribution in [0.5, 0.6) is 0 Å². The van der Waals surface area contributed by atoms with Crippen molar-refractivity contribution in [3.63, 3.8) is 0 Å². The van der Waals surface area contributed by atoms with Crippen LogP contribution in [0.1, 0.15) is 24.6 Å². The molecule has 1 aliphatic heterocycles. The third-order valence-electron chi connectivity index (χ3n) is 4.99. The number of amides is 1. The van der Waals surface area contributed by atoms with Gasteiger partial charge < -0.3 is 5.32 Å². The molecule has 1 saturated heterocycles. The second kappa shape index (κ2) is 5.37. The molecule has 2 aliphatic rings. The fraction of sp³-hybridized carbons (Fsp3) is 0.412. The van der Waals surface area contributed by atoms with Gasteiger partial charge in [0.2, 0.25) is 5.91 Å². The van der Waals surface area contributed by atoms with E-state index in [1.807, 2.05) is 13.0 Å². The number of nitrogens with zero attached hydrogens (tertiary/aromatic N) is 3. The van der Waals surface area contributed by atoms with E-state index in [0.717, 1.165) is 28.2 Å². The van der Waals surface area contributed by atoms with Gasteiger partial charge in [-0.3, -0.25) is 15.1 Å². The number of hydrogen-bond acceptors (Lipinski definition) is 5. The summed E-state index contributed by atoms with van der Waals surface area (Å²) in [6.07, 6.45) is 7.26. The Morgan fingerprint density at radius 1 is 1.33 bits per heavy atom. The van der Waals surface area contributed by atoms with Crippen molar-refractivity contribution in [2.24, 2.45) is 11.8 Å². The van der Waals surface area contributed by atoms with Gasteiger partial charge in [0.05, 0.1) is 11.5 Å². The van der Waals surface area contributed by atoms with Gasteiger partial charge in [-0.15, -0.1) is 11.3 Å². The Morgan fingerprint density at radius 3 is 2.71 bits per heavy atom. The molecule has 6 nitrogen and oxygen atoms in total. The van der Waals surface area contributed by atoms with Crippen LogP contribution in [0, 0.1) is 17.2 Å². The highest BCUT2D eigenvalue weighted by atomic mass is 32.1. The molecule has 0 aromatic carbocycles. The SMILES string of the molecule is CN1C(=N)N[C@](C)(c2ccc(-c3cncnc3)s2)[C@@H](C2CC2)C1=O. The van der Waals surface area contributed by atoms with Crippen LogP contribution in [-0.4, -0.2) is 33.8 Å². The molecule has 24 heavy (non-hydrogen) atoms. The van der Waals surface area contributed by atoms with E-state index in [0.29, 0.717) is 5.92 Å². The van der Waals surface area contributed by atoms with Gasteiger partial charge in [-0.2, -0.15) is 0 Å². The van der Waals surface area contributed by atoms with E-state index in [4.69, 9.17) is 5.41 Å². The molecule has 0 unspecified atom stereocenters. The maximum absolute atomic E-state index is 12.8. The number of carbonyl (C=O) groups is 1. The standard InChI is InChI=1S/C17H19N5OS/c1-17(13-6-5-12(24-13)11-7-19-9-20-8-11)14(10-3-4-10)15(23)22(2)16(18)21-17/h5-10,14H,3-4H2,1-2H3,(H2,18,21)/t14-,17+/m0/s1. The van der Waals surface area contributed by atoms with Crippen LogP contribution in [0.25, 0.3) is 10.4 Å². The number of nitrogens with one attached hydrogen (secondary N) is 2. The molecule has 1 amide bonds. The zero-order valence-electron chi connectivity index (χ0n) is 13.6. The summed E-state index contributed by atoms with van der Waals surface area (Å²) in [6.45, 7) is 2.05. The van der Waals surface area contributed by atoms with E-state index in [2.05, 4.69) is 21.4 Å². The fourth-order valence-corrected chi connectivity index (χ4v) is 4.61. The Labute approximate surface area is 144 Å². The summed E-state index contributed by atoms with van der Waals surface area (Å²) in [5.74, 6) is 0.477. The lowest BCUT2D eigenvalue weighted by Crippen LogP contribution is -2.64. The van der Waals surface area contributed by atoms with E-state index >= 15 is 0 Å². The Morgan fingerprint density at radius 2 is 2.04 bits per heavy atom. The minimum Gasteiger partial charge on any atom is -0.345 e. The molecule has 1 aliphatic carbocycles. The van der Waals surface area contributed by atoms with Crippen LogP contribution in [0.3, 0.4) is 0 Å². The zero-order valence-corrected chi connectivity index (χ0v) is 14.4. The minimum atomic E-state index is -0.541. The van der Waals surface area contributed by atoms with E-state index < -0.39 is 5.54 Å². The first kappa shape index (κ1) is 15.3. The Bertz CT molecular complexity index is 800. The molecule has 124 valence electrons. The lowest BCUT2D eigenvalue weighted by atomic mass is 9.78. The third kappa shape index (κ3) is 2.31. The molecule has 2 fully saturated rings. The van der Waals surface area contributed by atoms with Crippen LogP contribution in [0.2, 0.25) is 0 Å². The van der Waals surface area contributed by atoms with Crippen LogP contribution in [0.4, 0.5) is 0 Å². The molecule has 2 aromatic rings. The Hall–Kier alpha value is -2.28. The summed E-state index contributed by atoms with van der Waals surface area (Å²) in [4.78, 5) is 24.5. The molecule has 4 rings (SSSR count). The molecule has 0 bridgehead atoms. The largest absolute Gasteiger partial charge is 0.345 e. The zero-order chi connectivity index (χ0) is 16.9. The lowest BCUT2D eigenvalue weighted by Gasteiger charge is -2.45. The molecule has 2 N–H and O–H groups in total. The second-order valence-electron chi connectivity index (χ2n) is 6.68. The van der Waals surface area contributed by atoms with Gasteiger partial charge in [0, 0.05) is 34.8 Å². The van der Waals surface area contributed by atoms with Crippen molar-refractivity contribution in [1.82, 2.24) is 20.2 Å². The van der Waals surface area contributed by atoms with E-state index in [1.54, 1.807) is 30.8 Å². The maximum atomic E-state index is 12.8. The first-order valence-electron chi connectivity index (χ1n) is 8.00. The van der Waals surface area contributed by atoms with Gasteiger partial charge in [-0.1, -0.05) is 0 Å². The highest BCUT2D eigenvalue weighted by molar-refractivity contribution is 7.15. The van der Waals surface area contributed by atoms with Crippen molar-refractivity contribution in [1.29, 1.82) is 5.41 Å². The monoisotopic (exact) mass is 341 g/mol. The predicted molar refractivity (Wildman–Crippen MR) is 92.5 cm³/mol. The first-order valence-corrected chi connectivity index (χ1v) is 8.82. The summed E-state index contributed by atoms with van der Waals surface area (Å²) in [5.41, 5.74) is 0.426. The molecule has 0 radical (unpaired) electrons. The van der Waals surface area contributed by atoms with Gasteiger partial charge >= 0.3 is 0 Å². The smallest absolute Gasteiger partial charge is 0.235 e. The van der Waals surface area contributed by atoms with Crippen molar-refractivity contribution < 1.29 is 4.79 Å². The highest BCUT2D eigenvalue weighted by Crippen LogP contribution is 2.50. The molecule has 0 spiro atoms. The summed E-state index contributed by atoms with van der Waals surface area (Å²) in [6, 6.07) is 4.10. The van der Waals surface area contributed by atoms with Crippen LogP contribution >= 0.6 is 11.3 Å². The third-order valence-corrected chi connectivity index (χ3v) is 6.36. The van der Waals surface area contributed by atoms with Crippen molar-refractivity contribution in [2.75, 3.05) is 7.05 Å². The highest BCUT2D eigenvalue weighted by Gasteiger charge is 2.54. The quantitative estimate of drug-likeness (QED) is 0.898. The molecule has 2 atom stereocenters. The number of rotatable bonds is 3. The van der Waals surface area contributed by atoms with Crippen LogP contribution in [-0.2, 0) is 10.3 Å². The average Bonchev–Trinajstić information content (AvgIpc) is 3.27. The fourth-order valence-electron chi connectivity index (χ4n) is 3.49. The number of guanidine groups is 1. The first-order chi connectivity index (χ1) is 11.5. The Kier molecular flexibility index (Phi) is 3.42. The number of hydrogen-bond donors (Lipinski definition) is 2. The van der Waals surface area contributed by atoms with Gasteiger partial charge in [-0.05, 0) is 37.8 Å². The van der Waals surface area contributed by atoms with Gasteiger partial charge in [0.15, 0.2) is 5.96 Å². The van der Waals surface area contributed by atoms with E-state index in [-0.39, 0.29) is 17.8 Å². The molecule has 7 heteroatoms. The van der Waals surface area contributed by atoms with Crippen LogP contribution < -0.4 is 5.32 Å². The van der Waals surface area contributed by atoms with Gasteiger partial charge in [0.1, 0.15) is 6.33 Å². The summed E-state index contributed by atoms with van der Waals surface area (Å²) in [5, 5.41) is 11.4. The van der Waals surface area contributed by atoms with Crippen molar-refractivity contribution >= 4 is 23.2 Å². The van der Waals surface area contributed by atoms with E-state index in [9.17, 15) is 4.79 Å². The molecular weight excluding hydrogens is 322 g/mol. The van der Waals surface area contributed by atoms with Crippen molar-refractivity contribution in [3.8, 4) is 10.4 Å². The topological polar surface area (TPSA) is 82.0 Å². The van der Waals surface area contributed by atoms with Gasteiger partial charge in [0.25, 0.3) is 0 Å². The molecule has 2 aromatic heterocycles.